The smallest absolute Gasteiger partial charge is 0.310 e. The van der Waals surface area contributed by atoms with Gasteiger partial charge in [0.1, 0.15) is 0 Å². The highest BCUT2D eigenvalue weighted by Gasteiger charge is 2.12. The van der Waals surface area contributed by atoms with E-state index in [1.54, 1.807) is 11.3 Å². The first-order valence-electron chi connectivity index (χ1n) is 6.77. The number of benzene rings is 1. The molecule has 1 atom stereocenters. The zero-order valence-corrected chi connectivity index (χ0v) is 14.4. The fourth-order valence-corrected chi connectivity index (χ4v) is 2.86. The molecule has 0 bridgehead atoms. The molecule has 0 saturated heterocycles. The van der Waals surface area contributed by atoms with E-state index >= 15 is 0 Å². The van der Waals surface area contributed by atoms with Crippen LogP contribution in [0.2, 0.25) is 0 Å². The maximum Gasteiger partial charge on any atom is 0.310 e. The number of thiophene rings is 1. The van der Waals surface area contributed by atoms with Gasteiger partial charge in [0.25, 0.3) is 5.91 Å². The first-order valence-corrected chi connectivity index (χ1v) is 8.44. The van der Waals surface area contributed by atoms with Crippen molar-refractivity contribution in [3.63, 3.8) is 0 Å². The van der Waals surface area contributed by atoms with Gasteiger partial charge in [-0.15, -0.1) is 11.3 Å². The summed E-state index contributed by atoms with van der Waals surface area (Å²) in [5.74, 6) is -0.716. The van der Waals surface area contributed by atoms with Crippen LogP contribution in [-0.2, 0) is 20.7 Å². The van der Waals surface area contributed by atoms with Crippen LogP contribution < -0.4 is 5.32 Å². The third kappa shape index (κ3) is 5.27. The summed E-state index contributed by atoms with van der Waals surface area (Å²) in [7, 11) is 0. The summed E-state index contributed by atoms with van der Waals surface area (Å²) in [5, 5.41) is 4.75. The maximum absolute atomic E-state index is 11.8. The molecule has 0 aliphatic rings. The van der Waals surface area contributed by atoms with Crippen molar-refractivity contribution in [3.8, 4) is 0 Å². The van der Waals surface area contributed by atoms with Gasteiger partial charge >= 0.3 is 5.97 Å². The highest BCUT2D eigenvalue weighted by atomic mass is 79.9. The minimum absolute atomic E-state index is 0.0855. The number of carbonyl (C=O) groups excluding carboxylic acids is 2. The van der Waals surface area contributed by atoms with Crippen molar-refractivity contribution < 1.29 is 14.3 Å². The molecule has 4 nitrogen and oxygen atoms in total. The van der Waals surface area contributed by atoms with Crippen molar-refractivity contribution >= 4 is 39.1 Å². The van der Waals surface area contributed by atoms with Gasteiger partial charge in [-0.05, 0) is 36.1 Å². The number of esters is 1. The second kappa shape index (κ2) is 8.10. The van der Waals surface area contributed by atoms with Gasteiger partial charge < -0.3 is 10.1 Å². The first-order chi connectivity index (χ1) is 10.5. The van der Waals surface area contributed by atoms with Crippen LogP contribution in [0.25, 0.3) is 0 Å². The lowest BCUT2D eigenvalue weighted by atomic mass is 10.2. The summed E-state index contributed by atoms with van der Waals surface area (Å²) < 4.78 is 5.95. The normalized spacial score (nSPS) is 11.7. The van der Waals surface area contributed by atoms with Crippen LogP contribution in [0.1, 0.15) is 23.4 Å². The van der Waals surface area contributed by atoms with Crippen molar-refractivity contribution in [3.05, 3.63) is 56.7 Å². The standard InChI is InChI=1S/C16H16BrNO3S/c1-11(14-3-2-8-22-14)18-15(19)10-21-16(20)9-12-4-6-13(17)7-5-12/h2-8,11H,9-10H2,1H3,(H,18,19)/t11-/m0/s1. The van der Waals surface area contributed by atoms with Gasteiger partial charge in [-0.1, -0.05) is 34.1 Å². The van der Waals surface area contributed by atoms with Crippen LogP contribution in [0, 0.1) is 0 Å². The molecule has 2 rings (SSSR count). The topological polar surface area (TPSA) is 55.4 Å². The summed E-state index contributed by atoms with van der Waals surface area (Å²) in [6.07, 6.45) is 0.154. The number of hydrogen-bond donors (Lipinski definition) is 1. The molecule has 0 aliphatic heterocycles. The lowest BCUT2D eigenvalue weighted by Gasteiger charge is -2.12. The van der Waals surface area contributed by atoms with Crippen LogP contribution in [0.3, 0.4) is 0 Å². The quantitative estimate of drug-likeness (QED) is 0.779. The van der Waals surface area contributed by atoms with Crippen molar-refractivity contribution in [2.75, 3.05) is 6.61 Å². The molecule has 6 heteroatoms. The monoisotopic (exact) mass is 381 g/mol. The molecule has 1 aromatic heterocycles. The molecule has 0 unspecified atom stereocenters. The Morgan fingerprint density at radius 3 is 2.64 bits per heavy atom. The van der Waals surface area contributed by atoms with Crippen LogP contribution in [0.15, 0.2) is 46.3 Å². The largest absolute Gasteiger partial charge is 0.455 e. The summed E-state index contributed by atoms with van der Waals surface area (Å²) in [5.41, 5.74) is 0.848. The number of halogens is 1. The molecule has 1 heterocycles. The highest BCUT2D eigenvalue weighted by Crippen LogP contribution is 2.17. The Bertz CT molecular complexity index is 625. The summed E-state index contributed by atoms with van der Waals surface area (Å²) in [6.45, 7) is 1.64. The minimum atomic E-state index is -0.416. The summed E-state index contributed by atoms with van der Waals surface area (Å²) in [4.78, 5) is 24.5. The fraction of sp³-hybridized carbons (Fsp3) is 0.250. The van der Waals surface area contributed by atoms with E-state index in [1.807, 2.05) is 48.7 Å². The number of carbonyl (C=O) groups is 2. The highest BCUT2D eigenvalue weighted by molar-refractivity contribution is 9.10. The molecular formula is C16H16BrNO3S. The summed E-state index contributed by atoms with van der Waals surface area (Å²) >= 11 is 4.91. The number of rotatable bonds is 6. The van der Waals surface area contributed by atoms with Crippen molar-refractivity contribution in [1.82, 2.24) is 5.32 Å². The Kier molecular flexibility index (Phi) is 6.15. The molecule has 1 amide bonds. The zero-order chi connectivity index (χ0) is 15.9. The molecular weight excluding hydrogens is 366 g/mol. The van der Waals surface area contributed by atoms with Crippen LogP contribution in [0.5, 0.6) is 0 Å². The molecule has 116 valence electrons. The second-order valence-electron chi connectivity index (χ2n) is 4.77. The Morgan fingerprint density at radius 2 is 2.00 bits per heavy atom. The second-order valence-corrected chi connectivity index (χ2v) is 6.66. The first kappa shape index (κ1) is 16.7. The van der Waals surface area contributed by atoms with Gasteiger partial charge in [-0.3, -0.25) is 9.59 Å². The van der Waals surface area contributed by atoms with Gasteiger partial charge in [0.15, 0.2) is 6.61 Å². The number of ether oxygens (including phenoxy) is 1. The molecule has 2 aromatic rings. The molecule has 0 radical (unpaired) electrons. The average molecular weight is 382 g/mol. The molecule has 0 fully saturated rings. The Morgan fingerprint density at radius 1 is 1.27 bits per heavy atom. The lowest BCUT2D eigenvalue weighted by Crippen LogP contribution is -2.31. The van der Waals surface area contributed by atoms with Crippen LogP contribution in [0.4, 0.5) is 0 Å². The van der Waals surface area contributed by atoms with Gasteiger partial charge in [-0.25, -0.2) is 0 Å². The van der Waals surface area contributed by atoms with Crippen molar-refractivity contribution in [2.24, 2.45) is 0 Å². The Balaban J connectivity index is 1.73. The molecule has 1 N–H and O–H groups in total. The van der Waals surface area contributed by atoms with E-state index in [0.717, 1.165) is 14.9 Å². The third-order valence-corrected chi connectivity index (χ3v) is 4.56. The maximum atomic E-state index is 11.8. The summed E-state index contributed by atoms with van der Waals surface area (Å²) in [6, 6.07) is 11.2. The van der Waals surface area contributed by atoms with E-state index in [1.165, 1.54) is 0 Å². The van der Waals surface area contributed by atoms with E-state index in [-0.39, 0.29) is 25.0 Å². The van der Waals surface area contributed by atoms with Gasteiger partial charge in [0.2, 0.25) is 0 Å². The Labute approximate surface area is 141 Å². The van der Waals surface area contributed by atoms with Gasteiger partial charge in [0.05, 0.1) is 12.5 Å². The van der Waals surface area contributed by atoms with Crippen molar-refractivity contribution in [2.45, 2.75) is 19.4 Å². The molecule has 0 spiro atoms. The van der Waals surface area contributed by atoms with Gasteiger partial charge in [0, 0.05) is 9.35 Å². The molecule has 0 aliphatic carbocycles. The number of nitrogens with one attached hydrogen (secondary N) is 1. The lowest BCUT2D eigenvalue weighted by molar-refractivity contribution is -0.148. The SMILES string of the molecule is C[C@H](NC(=O)COC(=O)Cc1ccc(Br)cc1)c1cccs1. The van der Waals surface area contributed by atoms with E-state index in [4.69, 9.17) is 4.74 Å². The minimum Gasteiger partial charge on any atom is -0.455 e. The van der Waals surface area contributed by atoms with Crippen LogP contribution in [-0.4, -0.2) is 18.5 Å². The van der Waals surface area contributed by atoms with Crippen molar-refractivity contribution in [1.29, 1.82) is 0 Å². The molecule has 22 heavy (non-hydrogen) atoms. The van der Waals surface area contributed by atoms with E-state index in [2.05, 4.69) is 21.2 Å². The van der Waals surface area contributed by atoms with Crippen LogP contribution >= 0.6 is 27.3 Å². The Hall–Kier alpha value is -1.66. The molecule has 0 saturated carbocycles. The average Bonchev–Trinajstić information content (AvgIpc) is 3.02. The molecule has 1 aromatic carbocycles. The number of hydrogen-bond acceptors (Lipinski definition) is 4. The zero-order valence-electron chi connectivity index (χ0n) is 12.0. The number of amides is 1. The predicted molar refractivity (Wildman–Crippen MR) is 89.7 cm³/mol. The predicted octanol–water partition coefficient (Wildman–Crippen LogP) is 3.47. The van der Waals surface area contributed by atoms with Gasteiger partial charge in [-0.2, -0.15) is 0 Å². The third-order valence-electron chi connectivity index (χ3n) is 2.97. The van der Waals surface area contributed by atoms with E-state index < -0.39 is 5.97 Å². The van der Waals surface area contributed by atoms with E-state index in [9.17, 15) is 9.59 Å². The van der Waals surface area contributed by atoms with E-state index in [0.29, 0.717) is 0 Å². The fourth-order valence-electron chi connectivity index (χ4n) is 1.86.